The molecular weight excluding hydrogens is 238 g/mol. The number of nitrogens with zero attached hydrogens (tertiary/aromatic N) is 1. The van der Waals surface area contributed by atoms with Crippen molar-refractivity contribution in [3.05, 3.63) is 35.4 Å². The van der Waals surface area contributed by atoms with Gasteiger partial charge in [0.05, 0.1) is 6.42 Å². The summed E-state index contributed by atoms with van der Waals surface area (Å²) in [5.74, 6) is 0.174. The molecular formula is C16H21NO2. The molecule has 0 bridgehead atoms. The summed E-state index contributed by atoms with van der Waals surface area (Å²) in [5.41, 5.74) is 2.19. The topological polar surface area (TPSA) is 40.5 Å². The highest BCUT2D eigenvalue weighted by Crippen LogP contribution is 2.35. The molecule has 0 unspecified atom stereocenters. The Morgan fingerprint density at radius 1 is 1.11 bits per heavy atom. The number of hydrogen-bond acceptors (Lipinski definition) is 2. The van der Waals surface area contributed by atoms with Crippen molar-refractivity contribution in [2.24, 2.45) is 5.92 Å². The van der Waals surface area contributed by atoms with Crippen LogP contribution in [0.1, 0.15) is 36.8 Å². The van der Waals surface area contributed by atoms with Gasteiger partial charge in [-0.15, -0.1) is 0 Å². The van der Waals surface area contributed by atoms with Crippen LogP contribution in [0.15, 0.2) is 24.3 Å². The minimum absolute atomic E-state index is 0.120. The van der Waals surface area contributed by atoms with Crippen LogP contribution < -0.4 is 0 Å². The molecule has 0 atom stereocenters. The van der Waals surface area contributed by atoms with Crippen LogP contribution in [0.5, 0.6) is 0 Å². The van der Waals surface area contributed by atoms with Crippen molar-refractivity contribution in [2.75, 3.05) is 6.54 Å². The van der Waals surface area contributed by atoms with E-state index < -0.39 is 5.97 Å². The molecule has 0 aromatic heterocycles. The number of rotatable bonds is 7. The number of carbonyl (C=O) groups is 1. The maximum absolute atomic E-state index is 10.6. The van der Waals surface area contributed by atoms with Gasteiger partial charge in [0, 0.05) is 19.1 Å². The van der Waals surface area contributed by atoms with E-state index in [-0.39, 0.29) is 6.42 Å². The first kappa shape index (κ1) is 12.7. The predicted octanol–water partition coefficient (Wildman–Crippen LogP) is 2.69. The highest BCUT2D eigenvalue weighted by molar-refractivity contribution is 5.70. The third-order valence-electron chi connectivity index (χ3n) is 4.02. The molecule has 2 fully saturated rings. The second kappa shape index (κ2) is 5.33. The highest BCUT2D eigenvalue weighted by atomic mass is 16.4. The van der Waals surface area contributed by atoms with Gasteiger partial charge in [-0.1, -0.05) is 24.3 Å². The summed E-state index contributed by atoms with van der Waals surface area (Å²) < 4.78 is 0. The van der Waals surface area contributed by atoms with E-state index in [0.717, 1.165) is 24.1 Å². The molecule has 0 aliphatic heterocycles. The van der Waals surface area contributed by atoms with Gasteiger partial charge in [-0.25, -0.2) is 0 Å². The average molecular weight is 259 g/mol. The fourth-order valence-corrected chi connectivity index (χ4v) is 2.59. The Labute approximate surface area is 114 Å². The van der Waals surface area contributed by atoms with Gasteiger partial charge in [-0.2, -0.15) is 0 Å². The molecule has 19 heavy (non-hydrogen) atoms. The van der Waals surface area contributed by atoms with Gasteiger partial charge in [-0.3, -0.25) is 9.69 Å². The zero-order chi connectivity index (χ0) is 13.2. The molecule has 3 rings (SSSR count). The molecule has 2 aliphatic rings. The van der Waals surface area contributed by atoms with Crippen molar-refractivity contribution >= 4 is 5.97 Å². The van der Waals surface area contributed by atoms with Crippen LogP contribution in [-0.4, -0.2) is 28.6 Å². The van der Waals surface area contributed by atoms with E-state index in [4.69, 9.17) is 5.11 Å². The Balaban J connectivity index is 1.59. The fourth-order valence-electron chi connectivity index (χ4n) is 2.59. The van der Waals surface area contributed by atoms with Crippen LogP contribution in [0.25, 0.3) is 0 Å². The number of carboxylic acid groups (broad SMARTS) is 1. The molecule has 102 valence electrons. The molecule has 1 N–H and O–H groups in total. The van der Waals surface area contributed by atoms with Crippen molar-refractivity contribution in [1.29, 1.82) is 0 Å². The molecule has 0 saturated heterocycles. The van der Waals surface area contributed by atoms with Gasteiger partial charge >= 0.3 is 5.97 Å². The maximum atomic E-state index is 10.6. The second-order valence-electron chi connectivity index (χ2n) is 5.99. The number of hydrogen-bond donors (Lipinski definition) is 1. The lowest BCUT2D eigenvalue weighted by Crippen LogP contribution is -2.27. The van der Waals surface area contributed by atoms with Gasteiger partial charge in [0.2, 0.25) is 0 Å². The van der Waals surface area contributed by atoms with Crippen molar-refractivity contribution in [2.45, 2.75) is 44.7 Å². The first-order valence-corrected chi connectivity index (χ1v) is 7.24. The van der Waals surface area contributed by atoms with E-state index in [1.54, 1.807) is 0 Å². The molecule has 2 aliphatic carbocycles. The van der Waals surface area contributed by atoms with Crippen molar-refractivity contribution in [1.82, 2.24) is 4.90 Å². The normalized spacial score (nSPS) is 18.8. The molecule has 1 aromatic carbocycles. The Morgan fingerprint density at radius 3 is 2.26 bits per heavy atom. The van der Waals surface area contributed by atoms with Gasteiger partial charge < -0.3 is 5.11 Å². The minimum Gasteiger partial charge on any atom is -0.481 e. The van der Waals surface area contributed by atoms with Crippen molar-refractivity contribution < 1.29 is 9.90 Å². The first-order chi connectivity index (χ1) is 9.20. The Hall–Kier alpha value is -1.35. The van der Waals surface area contributed by atoms with E-state index in [2.05, 4.69) is 17.0 Å². The summed E-state index contributed by atoms with van der Waals surface area (Å²) in [6, 6.07) is 8.87. The predicted molar refractivity (Wildman–Crippen MR) is 73.9 cm³/mol. The first-order valence-electron chi connectivity index (χ1n) is 7.24. The molecule has 1 aromatic rings. The zero-order valence-corrected chi connectivity index (χ0v) is 11.2. The van der Waals surface area contributed by atoms with Gasteiger partial charge in [0.15, 0.2) is 0 Å². The van der Waals surface area contributed by atoms with E-state index in [0.29, 0.717) is 0 Å². The molecule has 0 spiro atoms. The highest BCUT2D eigenvalue weighted by Gasteiger charge is 2.33. The van der Waals surface area contributed by atoms with Gasteiger partial charge in [0.1, 0.15) is 0 Å². The maximum Gasteiger partial charge on any atom is 0.307 e. The summed E-state index contributed by atoms with van der Waals surface area (Å²) >= 11 is 0. The summed E-state index contributed by atoms with van der Waals surface area (Å²) in [4.78, 5) is 13.3. The van der Waals surface area contributed by atoms with Gasteiger partial charge in [0.25, 0.3) is 0 Å². The largest absolute Gasteiger partial charge is 0.481 e. The lowest BCUT2D eigenvalue weighted by atomic mass is 10.1. The number of carboxylic acids is 1. The van der Waals surface area contributed by atoms with E-state index in [1.165, 1.54) is 37.8 Å². The van der Waals surface area contributed by atoms with Crippen LogP contribution in [-0.2, 0) is 17.8 Å². The molecule has 0 radical (unpaired) electrons. The van der Waals surface area contributed by atoms with Crippen LogP contribution in [0.3, 0.4) is 0 Å². The summed E-state index contributed by atoms with van der Waals surface area (Å²) in [6.07, 6.45) is 5.63. The standard InChI is InChI=1S/C16H21NO2/c18-16(19)9-12-1-3-13(4-2-12)10-17(15-7-8-15)11-14-5-6-14/h1-4,14-15H,5-11H2,(H,18,19). The molecule has 0 amide bonds. The summed E-state index contributed by atoms with van der Waals surface area (Å²) in [7, 11) is 0. The van der Waals surface area contributed by atoms with Crippen molar-refractivity contribution in [3.8, 4) is 0 Å². The van der Waals surface area contributed by atoms with E-state index >= 15 is 0 Å². The lowest BCUT2D eigenvalue weighted by Gasteiger charge is -2.22. The minimum atomic E-state index is -0.763. The lowest BCUT2D eigenvalue weighted by molar-refractivity contribution is -0.136. The zero-order valence-electron chi connectivity index (χ0n) is 11.2. The quantitative estimate of drug-likeness (QED) is 0.818. The van der Waals surface area contributed by atoms with Gasteiger partial charge in [-0.05, 0) is 42.7 Å². The van der Waals surface area contributed by atoms with Crippen LogP contribution in [0.2, 0.25) is 0 Å². The van der Waals surface area contributed by atoms with Crippen LogP contribution in [0, 0.1) is 5.92 Å². The second-order valence-corrected chi connectivity index (χ2v) is 5.99. The fraction of sp³-hybridized carbons (Fsp3) is 0.562. The number of benzene rings is 1. The third kappa shape index (κ3) is 3.80. The molecule has 3 heteroatoms. The SMILES string of the molecule is O=C(O)Cc1ccc(CN(CC2CC2)C2CC2)cc1. The molecule has 0 heterocycles. The van der Waals surface area contributed by atoms with Crippen LogP contribution >= 0.6 is 0 Å². The van der Waals surface area contributed by atoms with Crippen LogP contribution in [0.4, 0.5) is 0 Å². The summed E-state index contributed by atoms with van der Waals surface area (Å²) in [5, 5.41) is 8.76. The summed E-state index contributed by atoms with van der Waals surface area (Å²) in [6.45, 7) is 2.27. The molecule has 3 nitrogen and oxygen atoms in total. The molecule has 2 saturated carbocycles. The monoisotopic (exact) mass is 259 g/mol. The third-order valence-corrected chi connectivity index (χ3v) is 4.02. The Kier molecular flexibility index (Phi) is 3.56. The van der Waals surface area contributed by atoms with E-state index in [9.17, 15) is 4.79 Å². The Bertz CT molecular complexity index is 446. The smallest absolute Gasteiger partial charge is 0.307 e. The van der Waals surface area contributed by atoms with Crippen molar-refractivity contribution in [3.63, 3.8) is 0 Å². The number of aliphatic carboxylic acids is 1. The Morgan fingerprint density at radius 2 is 1.74 bits per heavy atom. The van der Waals surface area contributed by atoms with E-state index in [1.807, 2.05) is 12.1 Å². The average Bonchev–Trinajstić information content (AvgIpc) is 3.24.